The van der Waals surface area contributed by atoms with Crippen molar-refractivity contribution in [1.29, 1.82) is 0 Å². The van der Waals surface area contributed by atoms with Gasteiger partial charge in [-0.1, -0.05) is 0 Å². The number of hydrogen-bond acceptors (Lipinski definition) is 4. The molecule has 1 N–H and O–H groups in total. The molecule has 6 aliphatic rings. The zero-order chi connectivity index (χ0) is 23.3. The van der Waals surface area contributed by atoms with Gasteiger partial charge in [0.2, 0.25) is 11.8 Å². The van der Waals surface area contributed by atoms with E-state index in [9.17, 15) is 9.59 Å². The van der Waals surface area contributed by atoms with E-state index in [0.717, 1.165) is 87.5 Å². The topological polar surface area (TPSA) is 55.9 Å². The molecule has 1 aromatic rings. The van der Waals surface area contributed by atoms with Crippen molar-refractivity contribution in [1.82, 2.24) is 9.80 Å². The first-order valence-electron chi connectivity index (χ1n) is 13.6. The maximum atomic E-state index is 13.6. The van der Waals surface area contributed by atoms with E-state index in [2.05, 4.69) is 39.1 Å². The average Bonchev–Trinajstić information content (AvgIpc) is 3.35. The second-order valence-corrected chi connectivity index (χ2v) is 12.0. The van der Waals surface area contributed by atoms with Crippen molar-refractivity contribution in [2.75, 3.05) is 56.0 Å². The van der Waals surface area contributed by atoms with Crippen LogP contribution in [0.4, 0.5) is 11.4 Å². The lowest BCUT2D eigenvalue weighted by molar-refractivity contribution is -0.159. The minimum absolute atomic E-state index is 0.0397. The van der Waals surface area contributed by atoms with Gasteiger partial charge in [0.1, 0.15) is 0 Å². The summed E-state index contributed by atoms with van der Waals surface area (Å²) in [5, 5.41) is 3.12. The van der Waals surface area contributed by atoms with Gasteiger partial charge < -0.3 is 15.1 Å². The molecule has 6 heteroatoms. The van der Waals surface area contributed by atoms with Crippen molar-refractivity contribution < 1.29 is 9.59 Å². The van der Waals surface area contributed by atoms with Gasteiger partial charge in [0.15, 0.2) is 0 Å². The monoisotopic (exact) mass is 464 g/mol. The summed E-state index contributed by atoms with van der Waals surface area (Å²) in [6.45, 7) is 7.83. The number of amides is 2. The zero-order valence-corrected chi connectivity index (χ0v) is 20.7. The van der Waals surface area contributed by atoms with Crippen LogP contribution in [-0.4, -0.2) is 67.4 Å². The quantitative estimate of drug-likeness (QED) is 0.718. The molecule has 2 aliphatic heterocycles. The van der Waals surface area contributed by atoms with Gasteiger partial charge in [0, 0.05) is 50.6 Å². The molecule has 4 bridgehead atoms. The number of nitrogens with one attached hydrogen (secondary N) is 1. The van der Waals surface area contributed by atoms with Crippen LogP contribution in [0.25, 0.3) is 0 Å². The van der Waals surface area contributed by atoms with E-state index in [1.165, 1.54) is 37.8 Å². The highest BCUT2D eigenvalue weighted by molar-refractivity contribution is 5.93. The fraction of sp³-hybridized carbons (Fsp3) is 0.714. The van der Waals surface area contributed by atoms with Crippen molar-refractivity contribution in [3.8, 4) is 0 Å². The normalized spacial score (nSPS) is 32.9. The largest absolute Gasteiger partial charge is 0.372 e. The molecule has 6 fully saturated rings. The summed E-state index contributed by atoms with van der Waals surface area (Å²) in [5.74, 6) is 2.87. The molecule has 1 aromatic carbocycles. The maximum absolute atomic E-state index is 13.6. The second kappa shape index (κ2) is 8.85. The summed E-state index contributed by atoms with van der Waals surface area (Å²) in [6, 6.07) is 6.36. The Kier molecular flexibility index (Phi) is 5.83. The van der Waals surface area contributed by atoms with E-state index in [-0.39, 0.29) is 11.3 Å². The maximum Gasteiger partial charge on any atom is 0.238 e. The van der Waals surface area contributed by atoms with Gasteiger partial charge in [0.05, 0.1) is 12.0 Å². The lowest BCUT2D eigenvalue weighted by Gasteiger charge is -2.57. The Morgan fingerprint density at radius 1 is 0.912 bits per heavy atom. The van der Waals surface area contributed by atoms with E-state index >= 15 is 0 Å². The fourth-order valence-corrected chi connectivity index (χ4v) is 8.17. The van der Waals surface area contributed by atoms with Gasteiger partial charge >= 0.3 is 0 Å². The van der Waals surface area contributed by atoms with Crippen LogP contribution >= 0.6 is 0 Å². The molecular formula is C28H40N4O2. The summed E-state index contributed by atoms with van der Waals surface area (Å²) in [7, 11) is 0. The van der Waals surface area contributed by atoms with E-state index in [1.807, 2.05) is 6.07 Å². The Labute approximate surface area is 204 Å². The number of nitrogens with zero attached hydrogens (tertiary/aromatic N) is 3. The van der Waals surface area contributed by atoms with Crippen LogP contribution < -0.4 is 10.2 Å². The van der Waals surface area contributed by atoms with E-state index in [0.29, 0.717) is 12.5 Å². The molecule has 2 amide bonds. The van der Waals surface area contributed by atoms with Crippen molar-refractivity contribution in [3.05, 3.63) is 23.8 Å². The van der Waals surface area contributed by atoms with Crippen LogP contribution in [0, 0.1) is 30.1 Å². The lowest BCUT2D eigenvalue weighted by atomic mass is 9.49. The van der Waals surface area contributed by atoms with Crippen molar-refractivity contribution >= 4 is 23.2 Å². The molecule has 2 saturated heterocycles. The molecule has 2 heterocycles. The molecule has 7 rings (SSSR count). The predicted octanol–water partition coefficient (Wildman–Crippen LogP) is 3.89. The highest BCUT2D eigenvalue weighted by Crippen LogP contribution is 2.60. The van der Waals surface area contributed by atoms with E-state index < -0.39 is 0 Å². The molecule has 0 unspecified atom stereocenters. The standard InChI is InChI=1S/C28H40N4O2/c1-20-12-24(31-6-2-3-7-31)4-5-25(20)29-26(33)19-30-8-10-32(11-9-30)27(34)28-16-21-13-22(17-28)15-23(14-21)18-28/h4-5,12,21-23H,2-3,6-11,13-19H2,1H3,(H,29,33). The molecular weight excluding hydrogens is 424 g/mol. The molecule has 184 valence electrons. The number of carbonyl (C=O) groups is 2. The minimum atomic E-state index is -0.0486. The number of hydrogen-bond donors (Lipinski definition) is 1. The zero-order valence-electron chi connectivity index (χ0n) is 20.7. The molecule has 0 aromatic heterocycles. The predicted molar refractivity (Wildman–Crippen MR) is 135 cm³/mol. The Balaban J connectivity index is 1.00. The molecule has 0 atom stereocenters. The first-order valence-corrected chi connectivity index (χ1v) is 13.6. The van der Waals surface area contributed by atoms with E-state index in [1.54, 1.807) is 0 Å². The summed E-state index contributed by atoms with van der Waals surface area (Å²) >= 11 is 0. The summed E-state index contributed by atoms with van der Waals surface area (Å²) in [5.41, 5.74) is 3.23. The molecule has 6 nitrogen and oxygen atoms in total. The second-order valence-electron chi connectivity index (χ2n) is 12.0. The van der Waals surface area contributed by atoms with Crippen molar-refractivity contribution in [3.63, 3.8) is 0 Å². The number of benzene rings is 1. The highest BCUT2D eigenvalue weighted by atomic mass is 16.2. The summed E-state index contributed by atoms with van der Waals surface area (Å²) < 4.78 is 0. The number of carbonyl (C=O) groups excluding carboxylic acids is 2. The first kappa shape index (κ1) is 22.4. The van der Waals surface area contributed by atoms with Gasteiger partial charge in [-0.15, -0.1) is 0 Å². The number of anilines is 2. The Hall–Kier alpha value is -2.08. The molecule has 0 radical (unpaired) electrons. The number of aryl methyl sites for hydroxylation is 1. The molecule has 4 saturated carbocycles. The lowest BCUT2D eigenvalue weighted by Crippen LogP contribution is -2.58. The van der Waals surface area contributed by atoms with Gasteiger partial charge in [-0.2, -0.15) is 0 Å². The number of rotatable bonds is 5. The van der Waals surface area contributed by atoms with Gasteiger partial charge in [-0.3, -0.25) is 14.5 Å². The minimum Gasteiger partial charge on any atom is -0.372 e. The van der Waals surface area contributed by atoms with Crippen LogP contribution in [0.1, 0.15) is 56.9 Å². The third kappa shape index (κ3) is 4.23. The van der Waals surface area contributed by atoms with Crippen LogP contribution in [0.5, 0.6) is 0 Å². The highest BCUT2D eigenvalue weighted by Gasteiger charge is 2.55. The summed E-state index contributed by atoms with van der Waals surface area (Å²) in [6.07, 6.45) is 10.0. The van der Waals surface area contributed by atoms with Gasteiger partial charge in [-0.05, 0) is 99.8 Å². The Bertz CT molecular complexity index is 910. The SMILES string of the molecule is Cc1cc(N2CCCC2)ccc1NC(=O)CN1CCN(C(=O)C23CC4CC(CC(C4)C2)C3)CC1. The average molecular weight is 465 g/mol. The van der Waals surface area contributed by atoms with Gasteiger partial charge in [0.25, 0.3) is 0 Å². The Morgan fingerprint density at radius 2 is 1.53 bits per heavy atom. The van der Waals surface area contributed by atoms with Crippen LogP contribution in [0.15, 0.2) is 18.2 Å². The number of piperazine rings is 1. The van der Waals surface area contributed by atoms with Crippen molar-refractivity contribution in [2.45, 2.75) is 58.3 Å². The molecule has 0 spiro atoms. The smallest absolute Gasteiger partial charge is 0.238 e. The molecule has 34 heavy (non-hydrogen) atoms. The molecule has 4 aliphatic carbocycles. The summed E-state index contributed by atoms with van der Waals surface area (Å²) in [4.78, 5) is 33.1. The van der Waals surface area contributed by atoms with Crippen LogP contribution in [0.3, 0.4) is 0 Å². The van der Waals surface area contributed by atoms with Crippen molar-refractivity contribution in [2.24, 2.45) is 23.2 Å². The third-order valence-corrected chi connectivity index (χ3v) is 9.47. The van der Waals surface area contributed by atoms with Gasteiger partial charge in [-0.25, -0.2) is 0 Å². The fourth-order valence-electron chi connectivity index (χ4n) is 8.17. The van der Waals surface area contributed by atoms with E-state index in [4.69, 9.17) is 0 Å². The van der Waals surface area contributed by atoms with Crippen LogP contribution in [0.2, 0.25) is 0 Å². The third-order valence-electron chi connectivity index (χ3n) is 9.47. The Morgan fingerprint density at radius 3 is 2.12 bits per heavy atom. The van der Waals surface area contributed by atoms with Crippen LogP contribution in [-0.2, 0) is 9.59 Å². The first-order chi connectivity index (χ1) is 16.5.